The number of nitrogens with zero attached hydrogens (tertiary/aromatic N) is 2. The first-order valence-electron chi connectivity index (χ1n) is 9.41. The van der Waals surface area contributed by atoms with E-state index in [1.807, 2.05) is 0 Å². The van der Waals surface area contributed by atoms with Crippen molar-refractivity contribution in [1.29, 1.82) is 0 Å². The Morgan fingerprint density at radius 2 is 1.24 bits per heavy atom. The second kappa shape index (κ2) is 9.81. The third-order valence-corrected chi connectivity index (χ3v) is 5.49. The number of rotatable bonds is 8. The average Bonchev–Trinajstić information content (AvgIpc) is 2.55. The number of piperidine rings is 2. The smallest absolute Gasteiger partial charge is 0.0594 e. The van der Waals surface area contributed by atoms with Crippen LogP contribution < -0.4 is 0 Å². The van der Waals surface area contributed by atoms with Gasteiger partial charge in [-0.05, 0) is 51.6 Å². The van der Waals surface area contributed by atoms with Crippen molar-refractivity contribution in [2.75, 3.05) is 39.4 Å². The zero-order valence-corrected chi connectivity index (χ0v) is 14.4. The Labute approximate surface area is 132 Å². The van der Waals surface area contributed by atoms with Gasteiger partial charge in [-0.25, -0.2) is 0 Å². The molecule has 0 aromatic rings. The summed E-state index contributed by atoms with van der Waals surface area (Å²) in [6.07, 6.45) is 11.0. The van der Waals surface area contributed by atoms with Gasteiger partial charge >= 0.3 is 0 Å². The molecule has 2 rings (SSSR count). The Morgan fingerprint density at radius 1 is 0.762 bits per heavy atom. The third-order valence-electron chi connectivity index (χ3n) is 5.49. The van der Waals surface area contributed by atoms with E-state index in [0.29, 0.717) is 0 Å². The highest BCUT2D eigenvalue weighted by Gasteiger charge is 2.21. The average molecular weight is 296 g/mol. The first-order chi connectivity index (χ1) is 10.3. The Kier molecular flexibility index (Phi) is 8.05. The maximum absolute atomic E-state index is 5.94. The van der Waals surface area contributed by atoms with E-state index >= 15 is 0 Å². The summed E-state index contributed by atoms with van der Waals surface area (Å²) < 4.78 is 5.94. The SMILES string of the molecule is CCC1CCCCN1CCOCCN1CCCCC1CC. The molecule has 0 N–H and O–H groups in total. The zero-order chi connectivity index (χ0) is 14.9. The molecule has 2 heterocycles. The van der Waals surface area contributed by atoms with E-state index in [-0.39, 0.29) is 0 Å². The lowest BCUT2D eigenvalue weighted by molar-refractivity contribution is 0.0447. The van der Waals surface area contributed by atoms with Gasteiger partial charge in [0.25, 0.3) is 0 Å². The van der Waals surface area contributed by atoms with Crippen molar-refractivity contribution in [3.05, 3.63) is 0 Å². The van der Waals surface area contributed by atoms with E-state index in [1.54, 1.807) is 0 Å². The minimum absolute atomic E-state index is 0.814. The van der Waals surface area contributed by atoms with E-state index in [9.17, 15) is 0 Å². The van der Waals surface area contributed by atoms with Gasteiger partial charge in [0.05, 0.1) is 13.2 Å². The summed E-state index contributed by atoms with van der Waals surface area (Å²) in [6.45, 7) is 11.3. The molecule has 2 atom stereocenters. The predicted molar refractivity (Wildman–Crippen MR) is 89.8 cm³/mol. The molecule has 2 aliphatic heterocycles. The molecule has 2 saturated heterocycles. The topological polar surface area (TPSA) is 15.7 Å². The molecule has 2 aliphatic rings. The van der Waals surface area contributed by atoms with Crippen LogP contribution in [0.25, 0.3) is 0 Å². The number of ether oxygens (including phenoxy) is 1. The first-order valence-corrected chi connectivity index (χ1v) is 9.41. The number of hydrogen-bond donors (Lipinski definition) is 0. The van der Waals surface area contributed by atoms with Gasteiger partial charge in [0, 0.05) is 25.2 Å². The highest BCUT2D eigenvalue weighted by molar-refractivity contribution is 4.76. The molecule has 0 aromatic carbocycles. The van der Waals surface area contributed by atoms with Crippen molar-refractivity contribution in [1.82, 2.24) is 9.80 Å². The molecule has 0 aromatic heterocycles. The minimum atomic E-state index is 0.814. The van der Waals surface area contributed by atoms with Gasteiger partial charge in [0.1, 0.15) is 0 Å². The van der Waals surface area contributed by atoms with Gasteiger partial charge in [-0.2, -0.15) is 0 Å². The summed E-state index contributed by atoms with van der Waals surface area (Å²) in [5.41, 5.74) is 0. The standard InChI is InChI=1S/C18H36N2O/c1-3-17-9-5-7-11-19(17)13-15-21-16-14-20-12-8-6-10-18(20)4-2/h17-18H,3-16H2,1-2H3. The van der Waals surface area contributed by atoms with E-state index in [0.717, 1.165) is 38.4 Å². The fourth-order valence-electron chi connectivity index (χ4n) is 4.10. The fourth-order valence-corrected chi connectivity index (χ4v) is 4.10. The third kappa shape index (κ3) is 5.54. The molecule has 0 amide bonds. The fraction of sp³-hybridized carbons (Fsp3) is 1.00. The van der Waals surface area contributed by atoms with Crippen molar-refractivity contribution in [3.63, 3.8) is 0 Å². The lowest BCUT2D eigenvalue weighted by Gasteiger charge is -2.36. The van der Waals surface area contributed by atoms with Crippen LogP contribution >= 0.6 is 0 Å². The lowest BCUT2D eigenvalue weighted by Crippen LogP contribution is -2.42. The molecular formula is C18H36N2O. The Morgan fingerprint density at radius 3 is 1.67 bits per heavy atom. The van der Waals surface area contributed by atoms with E-state index in [2.05, 4.69) is 23.6 Å². The van der Waals surface area contributed by atoms with Crippen molar-refractivity contribution < 1.29 is 4.74 Å². The molecule has 124 valence electrons. The molecule has 2 fully saturated rings. The molecule has 0 radical (unpaired) electrons. The van der Waals surface area contributed by atoms with Crippen LogP contribution in [0.4, 0.5) is 0 Å². The van der Waals surface area contributed by atoms with Gasteiger partial charge in [0.2, 0.25) is 0 Å². The van der Waals surface area contributed by atoms with Crippen LogP contribution in [-0.4, -0.2) is 61.3 Å². The van der Waals surface area contributed by atoms with Crippen LogP contribution in [0, 0.1) is 0 Å². The normalized spacial score (nSPS) is 28.9. The Hall–Kier alpha value is -0.120. The van der Waals surface area contributed by atoms with E-state index in [4.69, 9.17) is 4.74 Å². The van der Waals surface area contributed by atoms with Crippen LogP contribution in [0.3, 0.4) is 0 Å². The van der Waals surface area contributed by atoms with Gasteiger partial charge in [-0.15, -0.1) is 0 Å². The number of likely N-dealkylation sites (tertiary alicyclic amines) is 2. The summed E-state index contributed by atoms with van der Waals surface area (Å²) in [4.78, 5) is 5.30. The Balaban J connectivity index is 1.56. The zero-order valence-electron chi connectivity index (χ0n) is 14.4. The maximum Gasteiger partial charge on any atom is 0.0594 e. The van der Waals surface area contributed by atoms with Crippen molar-refractivity contribution in [2.24, 2.45) is 0 Å². The predicted octanol–water partition coefficient (Wildman–Crippen LogP) is 3.53. The van der Waals surface area contributed by atoms with Crippen molar-refractivity contribution >= 4 is 0 Å². The molecule has 3 nitrogen and oxygen atoms in total. The molecule has 0 saturated carbocycles. The summed E-state index contributed by atoms with van der Waals surface area (Å²) in [6, 6.07) is 1.63. The molecule has 0 aliphatic carbocycles. The van der Waals surface area contributed by atoms with Gasteiger partial charge in [-0.3, -0.25) is 9.80 Å². The van der Waals surface area contributed by atoms with E-state index in [1.165, 1.54) is 64.5 Å². The van der Waals surface area contributed by atoms with Gasteiger partial charge < -0.3 is 4.74 Å². The molecule has 0 bridgehead atoms. The molecule has 2 unspecified atom stereocenters. The van der Waals surface area contributed by atoms with Gasteiger partial charge in [-0.1, -0.05) is 26.7 Å². The second-order valence-electron chi connectivity index (χ2n) is 6.80. The van der Waals surface area contributed by atoms with Crippen LogP contribution in [0.2, 0.25) is 0 Å². The molecule has 3 heteroatoms. The summed E-state index contributed by atoms with van der Waals surface area (Å²) in [5.74, 6) is 0. The molecular weight excluding hydrogens is 260 g/mol. The van der Waals surface area contributed by atoms with Crippen molar-refractivity contribution in [3.8, 4) is 0 Å². The first kappa shape index (κ1) is 17.2. The quantitative estimate of drug-likeness (QED) is 0.637. The van der Waals surface area contributed by atoms with Crippen molar-refractivity contribution in [2.45, 2.75) is 77.3 Å². The highest BCUT2D eigenvalue weighted by Crippen LogP contribution is 2.20. The van der Waals surface area contributed by atoms with Crippen LogP contribution in [0.5, 0.6) is 0 Å². The van der Waals surface area contributed by atoms with Gasteiger partial charge in [0.15, 0.2) is 0 Å². The summed E-state index contributed by atoms with van der Waals surface area (Å²) in [7, 11) is 0. The monoisotopic (exact) mass is 296 g/mol. The van der Waals surface area contributed by atoms with Crippen LogP contribution in [-0.2, 0) is 4.74 Å². The summed E-state index contributed by atoms with van der Waals surface area (Å²) >= 11 is 0. The van der Waals surface area contributed by atoms with E-state index < -0.39 is 0 Å². The molecule has 0 spiro atoms. The minimum Gasteiger partial charge on any atom is -0.379 e. The largest absolute Gasteiger partial charge is 0.379 e. The van der Waals surface area contributed by atoms with Crippen LogP contribution in [0.15, 0.2) is 0 Å². The molecule has 21 heavy (non-hydrogen) atoms. The van der Waals surface area contributed by atoms with Crippen LogP contribution in [0.1, 0.15) is 65.2 Å². The highest BCUT2D eigenvalue weighted by atomic mass is 16.5. The lowest BCUT2D eigenvalue weighted by atomic mass is 10.0. The summed E-state index contributed by atoms with van der Waals surface area (Å²) in [5, 5.41) is 0. The maximum atomic E-state index is 5.94. The number of hydrogen-bond acceptors (Lipinski definition) is 3. The second-order valence-corrected chi connectivity index (χ2v) is 6.80. The Bertz CT molecular complexity index is 246.